The SMILES string of the molecule is c1ccc(-n2c3ccccc3c3ccc(-c4ccc(N(c5cccc6c5oc5ccccc56)c5cc6ccccc6c6c5oc5ccccc56)cc4)cc32)cc1. The molecule has 56 heavy (non-hydrogen) atoms. The molecule has 0 aliphatic rings. The van der Waals surface area contributed by atoms with Gasteiger partial charge in [-0.3, -0.25) is 0 Å². The molecule has 9 aromatic carbocycles. The molecule has 0 saturated heterocycles. The van der Waals surface area contributed by atoms with E-state index in [4.69, 9.17) is 8.83 Å². The van der Waals surface area contributed by atoms with Crippen molar-refractivity contribution in [1.82, 2.24) is 4.57 Å². The molecule has 0 aliphatic heterocycles. The van der Waals surface area contributed by atoms with Gasteiger partial charge in [0.1, 0.15) is 11.2 Å². The molecule has 0 bridgehead atoms. The fourth-order valence-corrected chi connectivity index (χ4v) is 8.85. The van der Waals surface area contributed by atoms with E-state index in [1.165, 1.54) is 21.8 Å². The number of anilines is 3. The first kappa shape index (κ1) is 30.9. The molecule has 3 aromatic heterocycles. The number of fused-ring (bicyclic) bond motifs is 11. The van der Waals surface area contributed by atoms with Gasteiger partial charge in [-0.2, -0.15) is 0 Å². The molecule has 0 aliphatic carbocycles. The second-order valence-electron chi connectivity index (χ2n) is 14.5. The van der Waals surface area contributed by atoms with Gasteiger partial charge in [0.15, 0.2) is 11.2 Å². The second-order valence-corrected chi connectivity index (χ2v) is 14.5. The lowest BCUT2D eigenvalue weighted by Crippen LogP contribution is -2.10. The lowest BCUT2D eigenvalue weighted by molar-refractivity contribution is 0.666. The number of aromatic nitrogens is 1. The molecule has 0 fully saturated rings. The molecule has 3 heterocycles. The summed E-state index contributed by atoms with van der Waals surface area (Å²) in [6, 6.07) is 68.9. The third-order valence-corrected chi connectivity index (χ3v) is 11.4. The van der Waals surface area contributed by atoms with Gasteiger partial charge in [0.25, 0.3) is 0 Å². The Morgan fingerprint density at radius 3 is 1.84 bits per heavy atom. The Balaban J connectivity index is 1.08. The summed E-state index contributed by atoms with van der Waals surface area (Å²) in [7, 11) is 0. The number of rotatable bonds is 5. The van der Waals surface area contributed by atoms with Crippen LogP contribution in [0.1, 0.15) is 0 Å². The van der Waals surface area contributed by atoms with Gasteiger partial charge in [-0.15, -0.1) is 0 Å². The van der Waals surface area contributed by atoms with Crippen molar-refractivity contribution in [2.45, 2.75) is 0 Å². The molecule has 0 radical (unpaired) electrons. The molecule has 0 saturated carbocycles. The summed E-state index contributed by atoms with van der Waals surface area (Å²) in [5.74, 6) is 0. The first-order chi connectivity index (χ1) is 27.8. The molecule has 4 heteroatoms. The van der Waals surface area contributed by atoms with Crippen molar-refractivity contribution >= 4 is 93.5 Å². The van der Waals surface area contributed by atoms with E-state index in [-0.39, 0.29) is 0 Å². The van der Waals surface area contributed by atoms with Crippen molar-refractivity contribution in [3.8, 4) is 16.8 Å². The maximum atomic E-state index is 6.82. The maximum absolute atomic E-state index is 6.82. The van der Waals surface area contributed by atoms with E-state index in [1.807, 2.05) is 18.2 Å². The lowest BCUT2D eigenvalue weighted by Gasteiger charge is -2.26. The van der Waals surface area contributed by atoms with Crippen molar-refractivity contribution in [1.29, 1.82) is 0 Å². The van der Waals surface area contributed by atoms with Gasteiger partial charge < -0.3 is 18.3 Å². The second kappa shape index (κ2) is 12.0. The van der Waals surface area contributed by atoms with Crippen LogP contribution in [0, 0.1) is 0 Å². The topological polar surface area (TPSA) is 34.5 Å². The van der Waals surface area contributed by atoms with Crippen LogP contribution in [0.5, 0.6) is 0 Å². The van der Waals surface area contributed by atoms with Crippen LogP contribution in [0.2, 0.25) is 0 Å². The summed E-state index contributed by atoms with van der Waals surface area (Å²) in [6.45, 7) is 0. The van der Waals surface area contributed by atoms with Gasteiger partial charge in [-0.25, -0.2) is 0 Å². The van der Waals surface area contributed by atoms with Crippen LogP contribution >= 0.6 is 0 Å². The average molecular weight is 717 g/mol. The van der Waals surface area contributed by atoms with Gasteiger partial charge in [0.05, 0.1) is 22.4 Å². The summed E-state index contributed by atoms with van der Waals surface area (Å²) >= 11 is 0. The summed E-state index contributed by atoms with van der Waals surface area (Å²) in [5.41, 5.74) is 12.1. The Hall–Kier alpha value is -7.56. The smallest absolute Gasteiger partial charge is 0.160 e. The lowest BCUT2D eigenvalue weighted by atomic mass is 10.0. The molecule has 12 aromatic rings. The first-order valence-electron chi connectivity index (χ1n) is 19.0. The summed E-state index contributed by atoms with van der Waals surface area (Å²) in [4.78, 5) is 2.31. The molecule has 0 amide bonds. The highest BCUT2D eigenvalue weighted by Gasteiger charge is 2.25. The normalized spacial score (nSPS) is 11.9. The molecule has 4 nitrogen and oxygen atoms in total. The van der Waals surface area contributed by atoms with Crippen LogP contribution in [0.3, 0.4) is 0 Å². The monoisotopic (exact) mass is 716 g/mol. The zero-order valence-corrected chi connectivity index (χ0v) is 30.2. The third-order valence-electron chi connectivity index (χ3n) is 11.4. The number of hydrogen-bond donors (Lipinski definition) is 0. The molecule has 0 atom stereocenters. The third kappa shape index (κ3) is 4.53. The van der Waals surface area contributed by atoms with Crippen LogP contribution in [-0.2, 0) is 0 Å². The zero-order valence-electron chi connectivity index (χ0n) is 30.2. The fourth-order valence-electron chi connectivity index (χ4n) is 8.85. The van der Waals surface area contributed by atoms with Gasteiger partial charge >= 0.3 is 0 Å². The van der Waals surface area contributed by atoms with E-state index in [0.29, 0.717) is 0 Å². The van der Waals surface area contributed by atoms with E-state index < -0.39 is 0 Å². The van der Waals surface area contributed by atoms with Crippen molar-refractivity contribution in [2.24, 2.45) is 0 Å². The van der Waals surface area contributed by atoms with Crippen LogP contribution in [0.4, 0.5) is 17.1 Å². The van der Waals surface area contributed by atoms with E-state index in [0.717, 1.165) is 88.5 Å². The van der Waals surface area contributed by atoms with E-state index in [2.05, 4.69) is 185 Å². The Morgan fingerprint density at radius 1 is 0.375 bits per heavy atom. The van der Waals surface area contributed by atoms with Gasteiger partial charge in [-0.05, 0) is 82.6 Å². The van der Waals surface area contributed by atoms with Crippen molar-refractivity contribution in [2.75, 3.05) is 4.90 Å². The summed E-state index contributed by atoms with van der Waals surface area (Å²) < 4.78 is 15.9. The summed E-state index contributed by atoms with van der Waals surface area (Å²) in [5, 5.41) is 9.16. The predicted octanol–water partition coefficient (Wildman–Crippen LogP) is 14.9. The zero-order chi connectivity index (χ0) is 36.7. The van der Waals surface area contributed by atoms with Crippen LogP contribution in [-0.4, -0.2) is 4.57 Å². The minimum absolute atomic E-state index is 0.828. The first-order valence-corrected chi connectivity index (χ1v) is 19.0. The highest BCUT2D eigenvalue weighted by atomic mass is 16.3. The van der Waals surface area contributed by atoms with E-state index in [9.17, 15) is 0 Å². The molecule has 12 rings (SSSR count). The minimum Gasteiger partial charge on any atom is -0.454 e. The van der Waals surface area contributed by atoms with Gasteiger partial charge in [0, 0.05) is 43.7 Å². The number of furan rings is 2. The highest BCUT2D eigenvalue weighted by molar-refractivity contribution is 6.23. The quantitative estimate of drug-likeness (QED) is 0.178. The highest BCUT2D eigenvalue weighted by Crippen LogP contribution is 2.48. The fraction of sp³-hybridized carbons (Fsp3) is 0. The largest absolute Gasteiger partial charge is 0.454 e. The molecular formula is C52H32N2O2. The predicted molar refractivity (Wildman–Crippen MR) is 233 cm³/mol. The van der Waals surface area contributed by atoms with Crippen LogP contribution in [0.15, 0.2) is 203 Å². The minimum atomic E-state index is 0.828. The molecule has 262 valence electrons. The average Bonchev–Trinajstić information content (AvgIpc) is 3.95. The Kier molecular flexibility index (Phi) is 6.60. The molecule has 0 unspecified atom stereocenters. The van der Waals surface area contributed by atoms with Crippen LogP contribution in [0.25, 0.3) is 93.3 Å². The maximum Gasteiger partial charge on any atom is 0.160 e. The number of benzene rings is 9. The van der Waals surface area contributed by atoms with Gasteiger partial charge in [-0.1, -0.05) is 133 Å². The number of nitrogens with zero attached hydrogens (tertiary/aromatic N) is 2. The Morgan fingerprint density at radius 2 is 1.00 bits per heavy atom. The molecular weight excluding hydrogens is 685 g/mol. The number of hydrogen-bond acceptors (Lipinski definition) is 3. The van der Waals surface area contributed by atoms with Crippen LogP contribution < -0.4 is 4.90 Å². The van der Waals surface area contributed by atoms with Crippen molar-refractivity contribution in [3.63, 3.8) is 0 Å². The Labute approximate surface area is 321 Å². The van der Waals surface area contributed by atoms with Gasteiger partial charge in [0.2, 0.25) is 0 Å². The molecule has 0 spiro atoms. The van der Waals surface area contributed by atoms with Crippen molar-refractivity contribution in [3.05, 3.63) is 194 Å². The summed E-state index contributed by atoms with van der Waals surface area (Å²) in [6.07, 6.45) is 0. The molecule has 0 N–H and O–H groups in total. The van der Waals surface area contributed by atoms with Crippen molar-refractivity contribution < 1.29 is 8.83 Å². The Bertz CT molecular complexity index is 3480. The van der Waals surface area contributed by atoms with E-state index >= 15 is 0 Å². The van der Waals surface area contributed by atoms with E-state index in [1.54, 1.807) is 0 Å². The number of para-hydroxylation sites is 5. The standard InChI is InChI=1S/C52H32N2O2/c1-2-14-36(15-3-1)53-44-21-9-6-17-39(44)40-30-27-34(31-46(40)53)33-25-28-37(29-26-33)54(45-22-12-20-42-41-18-7-10-23-48(41)55-51(42)45)47-32-35-13-4-5-16-38(35)50-43-19-8-11-24-49(43)56-52(47)50/h1-32H.